The minimum Gasteiger partial charge on any atom is -0.497 e. The highest BCUT2D eigenvalue weighted by Gasteiger charge is 2.50. The number of benzene rings is 1. The lowest BCUT2D eigenvalue weighted by Gasteiger charge is -2.56. The van der Waals surface area contributed by atoms with Crippen molar-refractivity contribution in [2.75, 3.05) is 33.4 Å². The second-order valence-electron chi connectivity index (χ2n) is 8.29. The van der Waals surface area contributed by atoms with Gasteiger partial charge in [0, 0.05) is 6.54 Å². The number of nitrogens with one attached hydrogen (secondary N) is 1. The summed E-state index contributed by atoms with van der Waals surface area (Å²) in [6.07, 6.45) is 5.35. The zero-order valence-corrected chi connectivity index (χ0v) is 16.3. The molecule has 3 atom stereocenters. The standard InChI is InChI=1S/C22H33NO3/c1-22(2)18-7-6-17(21(22)12-18)14-26-15-19(24)13-23-11-10-16-4-8-20(25-3)9-5-16/h4-6,8-9,18-19,21,23-24H,7,10-15H2,1-3H3/t18-,19-,21+/m0/s1. The molecule has 0 amide bonds. The molecule has 3 aliphatic carbocycles. The maximum Gasteiger partial charge on any atom is 0.118 e. The Balaban J connectivity index is 1.27. The minimum atomic E-state index is -0.461. The number of rotatable bonds is 10. The summed E-state index contributed by atoms with van der Waals surface area (Å²) in [5, 5.41) is 13.4. The average Bonchev–Trinajstić information content (AvgIpc) is 2.65. The fraction of sp³-hybridized carbons (Fsp3) is 0.636. The molecule has 1 aromatic rings. The van der Waals surface area contributed by atoms with Gasteiger partial charge in [0.05, 0.1) is 26.4 Å². The molecule has 144 valence electrons. The number of fused-ring (bicyclic) bond motifs is 1. The van der Waals surface area contributed by atoms with Crippen molar-refractivity contribution < 1.29 is 14.6 Å². The summed E-state index contributed by atoms with van der Waals surface area (Å²) in [6, 6.07) is 8.10. The van der Waals surface area contributed by atoms with E-state index in [-0.39, 0.29) is 0 Å². The monoisotopic (exact) mass is 359 g/mol. The van der Waals surface area contributed by atoms with Gasteiger partial charge in [-0.3, -0.25) is 0 Å². The molecule has 0 spiro atoms. The van der Waals surface area contributed by atoms with E-state index in [1.807, 2.05) is 12.1 Å². The number of hydrogen-bond donors (Lipinski definition) is 2. The third-order valence-electron chi connectivity index (χ3n) is 6.29. The van der Waals surface area contributed by atoms with Crippen LogP contribution < -0.4 is 10.1 Å². The van der Waals surface area contributed by atoms with Gasteiger partial charge in [-0.05, 0) is 66.3 Å². The number of aliphatic hydroxyl groups is 1. The molecule has 0 unspecified atom stereocenters. The third-order valence-corrected chi connectivity index (χ3v) is 6.29. The van der Waals surface area contributed by atoms with E-state index >= 15 is 0 Å². The van der Waals surface area contributed by atoms with Crippen molar-refractivity contribution in [2.24, 2.45) is 17.3 Å². The number of aliphatic hydroxyl groups excluding tert-OH is 1. The van der Waals surface area contributed by atoms with E-state index in [0.29, 0.717) is 31.1 Å². The molecule has 0 saturated heterocycles. The van der Waals surface area contributed by atoms with E-state index < -0.39 is 6.10 Å². The lowest BCUT2D eigenvalue weighted by Crippen LogP contribution is -2.48. The molecule has 4 rings (SSSR count). The van der Waals surface area contributed by atoms with Crippen LogP contribution in [0.25, 0.3) is 0 Å². The summed E-state index contributed by atoms with van der Waals surface area (Å²) in [5.41, 5.74) is 3.14. The van der Waals surface area contributed by atoms with Gasteiger partial charge < -0.3 is 19.9 Å². The maximum absolute atomic E-state index is 10.1. The van der Waals surface area contributed by atoms with Crippen molar-refractivity contribution >= 4 is 0 Å². The molecule has 1 fully saturated rings. The summed E-state index contributed by atoms with van der Waals surface area (Å²) < 4.78 is 11.0. The third kappa shape index (κ3) is 4.48. The molecule has 1 aromatic carbocycles. The summed E-state index contributed by atoms with van der Waals surface area (Å²) >= 11 is 0. The minimum absolute atomic E-state index is 0.392. The first kappa shape index (κ1) is 19.4. The molecular formula is C22H33NO3. The fourth-order valence-electron chi connectivity index (χ4n) is 4.31. The van der Waals surface area contributed by atoms with E-state index in [1.54, 1.807) is 7.11 Å². The van der Waals surface area contributed by atoms with Crippen LogP contribution >= 0.6 is 0 Å². The van der Waals surface area contributed by atoms with Gasteiger partial charge >= 0.3 is 0 Å². The van der Waals surface area contributed by atoms with Gasteiger partial charge in [-0.25, -0.2) is 0 Å². The van der Waals surface area contributed by atoms with Gasteiger partial charge in [0.25, 0.3) is 0 Å². The van der Waals surface area contributed by atoms with Gasteiger partial charge in [-0.1, -0.05) is 32.1 Å². The Morgan fingerprint density at radius 1 is 1.27 bits per heavy atom. The van der Waals surface area contributed by atoms with Crippen LogP contribution in [-0.4, -0.2) is 44.6 Å². The molecule has 26 heavy (non-hydrogen) atoms. The molecule has 0 aliphatic heterocycles. The molecule has 4 nitrogen and oxygen atoms in total. The van der Waals surface area contributed by atoms with Crippen molar-refractivity contribution in [3.8, 4) is 5.75 Å². The first-order valence-corrected chi connectivity index (χ1v) is 9.79. The Kier molecular flexibility index (Phi) is 6.38. The highest BCUT2D eigenvalue weighted by molar-refractivity contribution is 5.27. The molecule has 2 N–H and O–H groups in total. The number of methoxy groups -OCH3 is 1. The van der Waals surface area contributed by atoms with Crippen molar-refractivity contribution in [3.05, 3.63) is 41.5 Å². The zero-order valence-electron chi connectivity index (χ0n) is 16.3. The number of ether oxygens (including phenoxy) is 2. The second-order valence-corrected chi connectivity index (χ2v) is 8.29. The van der Waals surface area contributed by atoms with Gasteiger partial charge in [-0.2, -0.15) is 0 Å². The molecular weight excluding hydrogens is 326 g/mol. The predicted octanol–water partition coefficient (Wildman–Crippen LogP) is 3.20. The van der Waals surface area contributed by atoms with Crippen molar-refractivity contribution in [1.29, 1.82) is 0 Å². The molecule has 0 aromatic heterocycles. The second kappa shape index (κ2) is 8.55. The first-order valence-electron chi connectivity index (χ1n) is 9.79. The van der Waals surface area contributed by atoms with Crippen LogP contribution in [0.1, 0.15) is 32.3 Å². The van der Waals surface area contributed by atoms with Crippen LogP contribution in [0, 0.1) is 17.3 Å². The Morgan fingerprint density at radius 2 is 2.04 bits per heavy atom. The van der Waals surface area contributed by atoms with E-state index in [4.69, 9.17) is 9.47 Å². The molecule has 3 aliphatic rings. The van der Waals surface area contributed by atoms with Crippen LogP contribution in [0.15, 0.2) is 35.9 Å². The summed E-state index contributed by atoms with van der Waals surface area (Å²) in [7, 11) is 1.68. The average molecular weight is 360 g/mol. The highest BCUT2D eigenvalue weighted by Crippen LogP contribution is 2.59. The quantitative estimate of drug-likeness (QED) is 0.498. The fourth-order valence-corrected chi connectivity index (χ4v) is 4.31. The molecule has 4 heteroatoms. The Hall–Kier alpha value is -1.36. The van der Waals surface area contributed by atoms with Gasteiger partial charge in [0.1, 0.15) is 5.75 Å². The normalized spacial score (nSPS) is 24.5. The lowest BCUT2D eigenvalue weighted by atomic mass is 9.49. The van der Waals surface area contributed by atoms with Gasteiger partial charge in [0.15, 0.2) is 0 Å². The SMILES string of the molecule is COc1ccc(CCNC[C@H](O)COCC2=CC[C@H]3C[C@H]2C3(C)C)cc1. The molecule has 2 bridgehead atoms. The smallest absolute Gasteiger partial charge is 0.118 e. The summed E-state index contributed by atoms with van der Waals surface area (Å²) in [5.74, 6) is 2.42. The Bertz CT molecular complexity index is 608. The maximum atomic E-state index is 10.1. The molecule has 1 saturated carbocycles. The van der Waals surface area contributed by atoms with E-state index in [2.05, 4.69) is 37.4 Å². The largest absolute Gasteiger partial charge is 0.497 e. The number of allylic oxidation sites excluding steroid dienone is 1. The van der Waals surface area contributed by atoms with Crippen molar-refractivity contribution in [3.63, 3.8) is 0 Å². The molecule has 0 radical (unpaired) electrons. The zero-order chi connectivity index (χ0) is 18.6. The van der Waals surface area contributed by atoms with Crippen LogP contribution in [0.4, 0.5) is 0 Å². The van der Waals surface area contributed by atoms with Gasteiger partial charge in [-0.15, -0.1) is 0 Å². The van der Waals surface area contributed by atoms with Gasteiger partial charge in [0.2, 0.25) is 0 Å². The van der Waals surface area contributed by atoms with E-state index in [9.17, 15) is 5.11 Å². The van der Waals surface area contributed by atoms with Crippen LogP contribution in [0.5, 0.6) is 5.75 Å². The Morgan fingerprint density at radius 3 is 2.69 bits per heavy atom. The van der Waals surface area contributed by atoms with E-state index in [0.717, 1.165) is 24.6 Å². The van der Waals surface area contributed by atoms with E-state index in [1.165, 1.54) is 24.0 Å². The van der Waals surface area contributed by atoms with Crippen molar-refractivity contribution in [2.45, 2.75) is 39.2 Å². The highest BCUT2D eigenvalue weighted by atomic mass is 16.5. The van der Waals surface area contributed by atoms with Crippen LogP contribution in [0.3, 0.4) is 0 Å². The topological polar surface area (TPSA) is 50.7 Å². The van der Waals surface area contributed by atoms with Crippen LogP contribution in [-0.2, 0) is 11.2 Å². The lowest BCUT2D eigenvalue weighted by molar-refractivity contribution is -0.0235. The van der Waals surface area contributed by atoms with Crippen LogP contribution in [0.2, 0.25) is 0 Å². The molecule has 0 heterocycles. The Labute approximate surface area is 157 Å². The van der Waals surface area contributed by atoms with Crippen molar-refractivity contribution in [1.82, 2.24) is 5.32 Å². The predicted molar refractivity (Wildman–Crippen MR) is 104 cm³/mol. The summed E-state index contributed by atoms with van der Waals surface area (Å²) in [4.78, 5) is 0. The summed E-state index contributed by atoms with van der Waals surface area (Å²) in [6.45, 7) is 7.21. The number of hydrogen-bond acceptors (Lipinski definition) is 4. The first-order chi connectivity index (χ1) is 12.5.